The zero-order chi connectivity index (χ0) is 14.4. The summed E-state index contributed by atoms with van der Waals surface area (Å²) in [7, 11) is 0. The zero-order valence-electron chi connectivity index (χ0n) is 11.6. The second kappa shape index (κ2) is 5.14. The van der Waals surface area contributed by atoms with Crippen LogP contribution in [0.4, 0.5) is 0 Å². The van der Waals surface area contributed by atoms with E-state index in [-0.39, 0.29) is 18.1 Å². The number of benzene rings is 1. The molecule has 1 saturated heterocycles. The Labute approximate surface area is 131 Å². The molecule has 1 saturated carbocycles. The molecule has 4 nitrogen and oxygen atoms in total. The minimum atomic E-state index is 0.0996. The molecule has 0 unspecified atom stereocenters. The predicted octanol–water partition coefficient (Wildman–Crippen LogP) is 3.32. The molecule has 5 heteroatoms. The molecular formula is C16H17BrN2O2. The van der Waals surface area contributed by atoms with Gasteiger partial charge in [-0.2, -0.15) is 0 Å². The molecule has 0 bridgehead atoms. The Bertz CT molecular complexity index is 697. The van der Waals surface area contributed by atoms with Gasteiger partial charge < -0.3 is 14.6 Å². The van der Waals surface area contributed by atoms with Gasteiger partial charge in [0.05, 0.1) is 18.8 Å². The van der Waals surface area contributed by atoms with E-state index in [1.807, 2.05) is 29.2 Å². The van der Waals surface area contributed by atoms with Crippen LogP contribution in [-0.2, 0) is 4.74 Å². The highest BCUT2D eigenvalue weighted by Gasteiger charge is 2.38. The van der Waals surface area contributed by atoms with Gasteiger partial charge in [-0.05, 0) is 43.5 Å². The number of rotatable bonds is 1. The van der Waals surface area contributed by atoms with E-state index in [2.05, 4.69) is 20.9 Å². The Balaban J connectivity index is 1.66. The first-order valence-electron chi connectivity index (χ1n) is 7.43. The van der Waals surface area contributed by atoms with Gasteiger partial charge >= 0.3 is 0 Å². The number of hydrogen-bond donors (Lipinski definition) is 1. The van der Waals surface area contributed by atoms with Crippen molar-refractivity contribution in [1.82, 2.24) is 9.88 Å². The lowest BCUT2D eigenvalue weighted by Crippen LogP contribution is -2.51. The number of H-pyrrole nitrogens is 1. The average molecular weight is 349 g/mol. The largest absolute Gasteiger partial charge is 0.374 e. The molecular weight excluding hydrogens is 332 g/mol. The standard InChI is InChI=1S/C16H17BrN2O2/c17-11-4-5-12-10(8-11)9-13(18-12)16(20)19-6-7-21-15-3-1-2-14(15)19/h4-5,8-9,14-15,18H,1-3,6-7H2/t14-,15+/m0/s1. The van der Waals surface area contributed by atoms with E-state index in [4.69, 9.17) is 4.74 Å². The Kier molecular flexibility index (Phi) is 3.27. The van der Waals surface area contributed by atoms with E-state index < -0.39 is 0 Å². The number of nitrogens with one attached hydrogen (secondary N) is 1. The van der Waals surface area contributed by atoms with Gasteiger partial charge in [-0.3, -0.25) is 4.79 Å². The Morgan fingerprint density at radius 2 is 2.24 bits per heavy atom. The van der Waals surface area contributed by atoms with E-state index in [0.717, 1.165) is 34.6 Å². The van der Waals surface area contributed by atoms with Gasteiger partial charge in [0.1, 0.15) is 5.69 Å². The molecule has 0 spiro atoms. The highest BCUT2D eigenvalue weighted by atomic mass is 79.9. The molecule has 0 radical (unpaired) electrons. The molecule has 1 aromatic carbocycles. The Morgan fingerprint density at radius 3 is 3.14 bits per heavy atom. The summed E-state index contributed by atoms with van der Waals surface area (Å²) in [6.45, 7) is 1.34. The Morgan fingerprint density at radius 1 is 1.33 bits per heavy atom. The van der Waals surface area contributed by atoms with Crippen molar-refractivity contribution >= 4 is 32.7 Å². The van der Waals surface area contributed by atoms with Gasteiger partial charge in [0.25, 0.3) is 5.91 Å². The fourth-order valence-corrected chi connectivity index (χ4v) is 3.93. The smallest absolute Gasteiger partial charge is 0.270 e. The van der Waals surface area contributed by atoms with Crippen LogP contribution in [0.1, 0.15) is 29.8 Å². The maximum atomic E-state index is 12.8. The van der Waals surface area contributed by atoms with E-state index in [1.165, 1.54) is 0 Å². The van der Waals surface area contributed by atoms with E-state index in [9.17, 15) is 4.79 Å². The fourth-order valence-electron chi connectivity index (χ4n) is 3.55. The van der Waals surface area contributed by atoms with Crippen LogP contribution in [0.15, 0.2) is 28.7 Å². The molecule has 1 aliphatic carbocycles. The summed E-state index contributed by atoms with van der Waals surface area (Å²) in [5.74, 6) is 0.0996. The summed E-state index contributed by atoms with van der Waals surface area (Å²) in [4.78, 5) is 18.1. The number of carbonyl (C=O) groups is 1. The normalized spacial score (nSPS) is 25.3. The maximum absolute atomic E-state index is 12.8. The van der Waals surface area contributed by atoms with Crippen molar-refractivity contribution in [2.45, 2.75) is 31.4 Å². The monoisotopic (exact) mass is 348 g/mol. The highest BCUT2D eigenvalue weighted by Crippen LogP contribution is 2.31. The molecule has 2 fully saturated rings. The molecule has 2 heterocycles. The average Bonchev–Trinajstić information content (AvgIpc) is 3.11. The third-order valence-corrected chi connectivity index (χ3v) is 5.05. The van der Waals surface area contributed by atoms with Crippen molar-refractivity contribution in [3.63, 3.8) is 0 Å². The van der Waals surface area contributed by atoms with Crippen molar-refractivity contribution in [2.75, 3.05) is 13.2 Å². The lowest BCUT2D eigenvalue weighted by Gasteiger charge is -2.37. The first-order valence-corrected chi connectivity index (χ1v) is 8.22. The van der Waals surface area contributed by atoms with Crippen LogP contribution in [-0.4, -0.2) is 41.1 Å². The number of amides is 1. The van der Waals surface area contributed by atoms with Gasteiger partial charge in [-0.25, -0.2) is 0 Å². The SMILES string of the molecule is O=C(c1cc2cc(Br)ccc2[nH]1)N1CCO[C@@H]2CCC[C@@H]21. The molecule has 110 valence electrons. The van der Waals surface area contributed by atoms with Gasteiger partial charge in [-0.1, -0.05) is 15.9 Å². The topological polar surface area (TPSA) is 45.3 Å². The number of aromatic nitrogens is 1. The van der Waals surface area contributed by atoms with E-state index in [0.29, 0.717) is 18.8 Å². The number of carbonyl (C=O) groups excluding carboxylic acids is 1. The molecule has 2 aliphatic rings. The third kappa shape index (κ3) is 2.28. The van der Waals surface area contributed by atoms with Crippen molar-refractivity contribution in [3.05, 3.63) is 34.4 Å². The van der Waals surface area contributed by atoms with Crippen molar-refractivity contribution in [3.8, 4) is 0 Å². The number of fused-ring (bicyclic) bond motifs is 2. The van der Waals surface area contributed by atoms with Gasteiger partial charge in [0, 0.05) is 21.9 Å². The summed E-state index contributed by atoms with van der Waals surface area (Å²) in [6, 6.07) is 8.20. The minimum absolute atomic E-state index is 0.0996. The number of halogens is 1. The predicted molar refractivity (Wildman–Crippen MR) is 84.4 cm³/mol. The molecule has 1 aliphatic heterocycles. The van der Waals surface area contributed by atoms with Crippen LogP contribution in [0.3, 0.4) is 0 Å². The lowest BCUT2D eigenvalue weighted by molar-refractivity contribution is -0.0446. The van der Waals surface area contributed by atoms with Crippen LogP contribution in [0, 0.1) is 0 Å². The molecule has 1 N–H and O–H groups in total. The van der Waals surface area contributed by atoms with Crippen LogP contribution < -0.4 is 0 Å². The second-order valence-corrected chi connectivity index (χ2v) is 6.74. The first-order chi connectivity index (χ1) is 10.2. The molecule has 2 aromatic rings. The van der Waals surface area contributed by atoms with E-state index in [1.54, 1.807) is 0 Å². The van der Waals surface area contributed by atoms with Crippen molar-refractivity contribution in [2.24, 2.45) is 0 Å². The fraction of sp³-hybridized carbons (Fsp3) is 0.438. The van der Waals surface area contributed by atoms with Gasteiger partial charge in [-0.15, -0.1) is 0 Å². The number of nitrogens with zero attached hydrogens (tertiary/aromatic N) is 1. The summed E-state index contributed by atoms with van der Waals surface area (Å²) in [5.41, 5.74) is 1.67. The molecule has 4 rings (SSSR count). The number of hydrogen-bond acceptors (Lipinski definition) is 2. The molecule has 2 atom stereocenters. The Hall–Kier alpha value is -1.33. The minimum Gasteiger partial charge on any atom is -0.374 e. The molecule has 21 heavy (non-hydrogen) atoms. The third-order valence-electron chi connectivity index (χ3n) is 4.56. The van der Waals surface area contributed by atoms with Gasteiger partial charge in [0.15, 0.2) is 0 Å². The maximum Gasteiger partial charge on any atom is 0.270 e. The molecule has 1 amide bonds. The van der Waals surface area contributed by atoms with Gasteiger partial charge in [0.2, 0.25) is 0 Å². The first kappa shape index (κ1) is 13.3. The van der Waals surface area contributed by atoms with E-state index >= 15 is 0 Å². The van der Waals surface area contributed by atoms with Crippen LogP contribution in [0.25, 0.3) is 10.9 Å². The number of aromatic amines is 1. The van der Waals surface area contributed by atoms with Crippen molar-refractivity contribution in [1.29, 1.82) is 0 Å². The second-order valence-electron chi connectivity index (χ2n) is 5.82. The summed E-state index contributed by atoms with van der Waals surface area (Å²) in [5, 5.41) is 1.06. The van der Waals surface area contributed by atoms with Crippen LogP contribution >= 0.6 is 15.9 Å². The highest BCUT2D eigenvalue weighted by molar-refractivity contribution is 9.10. The van der Waals surface area contributed by atoms with Crippen LogP contribution in [0.2, 0.25) is 0 Å². The number of ether oxygens (including phenoxy) is 1. The molecule has 1 aromatic heterocycles. The number of morpholine rings is 1. The summed E-state index contributed by atoms with van der Waals surface area (Å²) in [6.07, 6.45) is 3.52. The quantitative estimate of drug-likeness (QED) is 0.859. The van der Waals surface area contributed by atoms with Crippen molar-refractivity contribution < 1.29 is 9.53 Å². The zero-order valence-corrected chi connectivity index (χ0v) is 13.2. The lowest BCUT2D eigenvalue weighted by atomic mass is 10.1. The summed E-state index contributed by atoms with van der Waals surface area (Å²) < 4.78 is 6.81. The van der Waals surface area contributed by atoms with Crippen LogP contribution in [0.5, 0.6) is 0 Å². The summed E-state index contributed by atoms with van der Waals surface area (Å²) >= 11 is 3.47.